The van der Waals surface area contributed by atoms with E-state index < -0.39 is 78.9 Å². The number of rotatable bonds is 34. The number of nitrogens with one attached hydrogen (secondary N) is 5. The number of carbonyl (C=O) groups is 8. The average Bonchev–Trinajstić information content (AvgIpc) is 1.48. The number of ketones is 1. The van der Waals surface area contributed by atoms with Crippen molar-refractivity contribution < 1.29 is 159 Å². The molecule has 10 aromatic rings. The Morgan fingerprint density at radius 2 is 0.578 bits per heavy atom. The average molecular weight is 2180 g/mol. The number of hydrogen-bond donors (Lipinski definition) is 8. The van der Waals surface area contributed by atoms with Crippen molar-refractivity contribution in [3.63, 3.8) is 0 Å². The van der Waals surface area contributed by atoms with Crippen LogP contribution in [0.15, 0.2) is 340 Å². The molecule has 0 spiro atoms. The number of amides is 6. The maximum atomic E-state index is 12.4. The standard InChI is InChI=1S/2C20H23NO3.C20H21NO3.C19H22N2O4.C17H17NO4.C4H8O.CH4.U.V.W.H2/c3*1-15(2)19(22)18(13-16-9-5-3-6-10-16)21-20(23)24-14-17-11-7-4-8-12-17;1-21(24-2)18(22)17(13-15-9-5-3-6-10-15)20-19(23)25-14-16-11-7-4-8-12-16;19-16(20)15(11-13-7-3-1-4-8-13)18-17(21)22-12-14-9-5-2-6-10-14;1-2-4-5-3-1;;;;;/h2*3-12,18-19,22H,1,13-14H2,2H3,(H,21,23);3-12,18H,1,13-14H2,2H3,(H,21,23);3-12,17H,13-14H2,1-2H3,(H,20,23);1-10,15H,11-12H2,(H,18,21)(H,19,20);1-4H2;1H4;;;;1H/t2*18?,19-;;;;;;;;;/m10........./s1/i;;;;;;;;;;1+2. The molecular formula is C101H120N6O18UVW. The minimum atomic E-state index is -1.10. The second-order valence-electron chi connectivity index (χ2n) is 28.8. The van der Waals surface area contributed by atoms with E-state index in [0.29, 0.717) is 42.4 Å². The van der Waals surface area contributed by atoms with Gasteiger partial charge in [0, 0.05) is 112 Å². The molecule has 0 aliphatic carbocycles. The van der Waals surface area contributed by atoms with Crippen LogP contribution in [-0.4, -0.2) is 138 Å². The van der Waals surface area contributed by atoms with Crippen LogP contribution in [0.1, 0.15) is 98.1 Å². The van der Waals surface area contributed by atoms with Gasteiger partial charge in [0.25, 0.3) is 5.91 Å². The van der Waals surface area contributed by atoms with Gasteiger partial charge in [-0.15, -0.1) is 0 Å². The fourth-order valence-electron chi connectivity index (χ4n) is 11.7. The van der Waals surface area contributed by atoms with Crippen molar-refractivity contribution >= 4 is 48.1 Å². The van der Waals surface area contributed by atoms with Crippen LogP contribution in [0.25, 0.3) is 0 Å². The number of hydroxylamine groups is 2. The van der Waals surface area contributed by atoms with E-state index in [1.165, 1.54) is 27.0 Å². The second-order valence-corrected chi connectivity index (χ2v) is 28.8. The van der Waals surface area contributed by atoms with E-state index in [-0.39, 0.29) is 131 Å². The van der Waals surface area contributed by atoms with Crippen molar-refractivity contribution in [1.29, 1.82) is 0 Å². The number of carboxylic acid groups (broad SMARTS) is 1. The minimum absolute atomic E-state index is 0. The fraction of sp³-hybridized carbons (Fsp3) is 0.267. The molecule has 11 rings (SSSR count). The van der Waals surface area contributed by atoms with E-state index in [1.807, 2.05) is 303 Å². The van der Waals surface area contributed by atoms with Crippen LogP contribution in [0.2, 0.25) is 0 Å². The van der Waals surface area contributed by atoms with Crippen molar-refractivity contribution in [3.05, 3.63) is 395 Å². The van der Waals surface area contributed by atoms with Crippen LogP contribution in [-0.2, 0) is 152 Å². The number of ether oxygens (including phenoxy) is 6. The molecule has 677 valence electrons. The number of benzene rings is 10. The summed E-state index contributed by atoms with van der Waals surface area (Å²) in [6, 6.07) is 90.8. The topological polar surface area (TPSA) is 325 Å². The summed E-state index contributed by atoms with van der Waals surface area (Å²) in [4.78, 5) is 101. The molecule has 7 atom stereocenters. The Morgan fingerprint density at radius 1 is 0.367 bits per heavy atom. The van der Waals surface area contributed by atoms with Crippen molar-refractivity contribution in [3.8, 4) is 0 Å². The normalized spacial score (nSPS) is 12.1. The molecule has 5 unspecified atom stereocenters. The van der Waals surface area contributed by atoms with Crippen molar-refractivity contribution in [2.24, 2.45) is 0 Å². The Morgan fingerprint density at radius 3 is 0.797 bits per heavy atom. The van der Waals surface area contributed by atoms with E-state index in [4.69, 9.17) is 33.3 Å². The summed E-state index contributed by atoms with van der Waals surface area (Å²) in [5, 5.41) is 44.0. The number of Topliss-reactive ketones (excluding diaryl/α,β-unsaturated/α-hetero) is 1. The van der Waals surface area contributed by atoms with E-state index >= 15 is 0 Å². The van der Waals surface area contributed by atoms with Crippen LogP contribution < -0.4 is 26.6 Å². The van der Waals surface area contributed by atoms with Gasteiger partial charge in [0.05, 0.1) is 37.4 Å². The zero-order chi connectivity index (χ0) is 89.5. The first-order valence-electron chi connectivity index (χ1n) is 40.5. The Hall–Kier alpha value is -11.5. The number of aliphatic carboxylic acids is 1. The van der Waals surface area contributed by atoms with Gasteiger partial charge in [-0.3, -0.25) is 14.4 Å². The summed E-state index contributed by atoms with van der Waals surface area (Å²) < 4.78 is 30.8. The summed E-state index contributed by atoms with van der Waals surface area (Å²) >= 11 is 0. The molecule has 27 heteroatoms. The van der Waals surface area contributed by atoms with Gasteiger partial charge in [-0.1, -0.05) is 342 Å². The fourth-order valence-corrected chi connectivity index (χ4v) is 11.7. The number of aliphatic hydroxyl groups excluding tert-OH is 2. The zero-order valence-electron chi connectivity index (χ0n) is 72.2. The van der Waals surface area contributed by atoms with Gasteiger partial charge >= 0.3 is 36.4 Å². The molecule has 24 nitrogen and oxygen atoms in total. The van der Waals surface area contributed by atoms with E-state index in [2.05, 4.69) is 46.3 Å². The maximum Gasteiger partial charge on any atom is 0.408 e. The smallest absolute Gasteiger partial charge is 0.408 e. The predicted octanol–water partition coefficient (Wildman–Crippen LogP) is 17.4. The third kappa shape index (κ3) is 47.4. The Bertz CT molecular complexity index is 4690. The molecular weight excluding hydrogens is 2060 g/mol. The quantitative estimate of drug-likeness (QED) is 0.00804. The first-order valence-corrected chi connectivity index (χ1v) is 40.5. The molecule has 128 heavy (non-hydrogen) atoms. The van der Waals surface area contributed by atoms with Crippen molar-refractivity contribution in [2.75, 3.05) is 27.4 Å². The van der Waals surface area contributed by atoms with Gasteiger partial charge in [0.15, 0.2) is 5.78 Å². The number of likely N-dealkylation sites (N-methyl/N-ethyl adjacent to an activating group) is 1. The third-order valence-corrected chi connectivity index (χ3v) is 18.5. The van der Waals surface area contributed by atoms with Crippen molar-refractivity contribution in [1.82, 2.24) is 31.6 Å². The van der Waals surface area contributed by atoms with Crippen LogP contribution in [0, 0.1) is 31.1 Å². The SMILES string of the molecule is C.C1CCOC1.C=C(C)C(=O)C(Cc1ccccc1)NC(=O)OCc1ccccc1.C=C(C)[C@@H](O)C(Cc1ccccc1)NC(=O)OCc1ccccc1.C=C(C)[C@H](O)C(Cc1ccccc1)NC(=O)OCc1ccccc1.CON(C)C(=O)C(Cc1ccccc1)NC(=O)OCc1ccccc1.O=C(NC(Cc1ccccc1)C(=O)O)OCc1ccccc1.[3HH].[U].[V].[W]. The summed E-state index contributed by atoms with van der Waals surface area (Å²) in [7, 11) is 2.89. The van der Waals surface area contributed by atoms with E-state index in [0.717, 1.165) is 73.9 Å². The zero-order valence-corrected chi connectivity index (χ0v) is 80.7. The molecule has 1 aliphatic rings. The summed E-state index contributed by atoms with van der Waals surface area (Å²) in [5.74, 6) is -1.65. The minimum Gasteiger partial charge on any atom is -0.480 e. The number of carbonyl (C=O) groups excluding carboxylic acids is 7. The Labute approximate surface area is 804 Å². The van der Waals surface area contributed by atoms with E-state index in [9.17, 15) is 53.7 Å². The first-order chi connectivity index (χ1) is 59.9. The molecule has 0 aromatic heterocycles. The van der Waals surface area contributed by atoms with Gasteiger partial charge in [0.1, 0.15) is 45.1 Å². The predicted molar refractivity (Wildman–Crippen MR) is 486 cm³/mol. The molecule has 1 saturated heterocycles. The molecule has 0 bridgehead atoms. The first kappa shape index (κ1) is 113. The van der Waals surface area contributed by atoms with Crippen LogP contribution in [0.3, 0.4) is 0 Å². The van der Waals surface area contributed by atoms with E-state index in [1.54, 1.807) is 20.8 Å². The molecule has 0 saturated carbocycles. The molecule has 1 heterocycles. The Balaban J connectivity index is 0.000000787. The summed E-state index contributed by atoms with van der Waals surface area (Å²) in [6.45, 7) is 19.1. The van der Waals surface area contributed by atoms with Gasteiger partial charge in [-0.2, -0.15) is 0 Å². The number of hydrogen-bond acceptors (Lipinski definition) is 17. The number of alkyl carbamates (subject to hydrolysis) is 5. The number of nitrogens with zero attached hydrogens (tertiary/aromatic N) is 1. The van der Waals surface area contributed by atoms with Gasteiger partial charge in [0.2, 0.25) is 0 Å². The van der Waals surface area contributed by atoms with Crippen LogP contribution >= 0.6 is 0 Å². The molecule has 1 aliphatic heterocycles. The van der Waals surface area contributed by atoms with Crippen LogP contribution in [0.4, 0.5) is 24.0 Å². The maximum absolute atomic E-state index is 12.4. The third-order valence-electron chi connectivity index (χ3n) is 18.5. The molecule has 8 N–H and O–H groups in total. The summed E-state index contributed by atoms with van der Waals surface area (Å²) in [6.07, 6.45) is -0.310. The monoisotopic (exact) mass is 2180 g/mol. The molecule has 1 radical (unpaired) electrons. The largest absolute Gasteiger partial charge is 0.480 e. The molecule has 1 fully saturated rings. The molecule has 6 amide bonds. The molecule has 10 aromatic carbocycles. The van der Waals surface area contributed by atoms with Crippen molar-refractivity contribution in [2.45, 2.75) is 149 Å². The number of aliphatic hydroxyl groups is 2. The second kappa shape index (κ2) is 66.0. The van der Waals surface area contributed by atoms with Crippen LogP contribution in [0.5, 0.6) is 0 Å². The summed E-state index contributed by atoms with van der Waals surface area (Å²) in [5.41, 5.74) is 10.8. The van der Waals surface area contributed by atoms with Gasteiger partial charge < -0.3 is 70.3 Å². The Kier molecular flexibility index (Phi) is 58.1. The number of carboxylic acids is 1. The van der Waals surface area contributed by atoms with Gasteiger partial charge in [-0.25, -0.2) is 33.8 Å². The van der Waals surface area contributed by atoms with Gasteiger partial charge in [-0.05, 0) is 108 Å².